The fourth-order valence-electron chi connectivity index (χ4n) is 4.57. The summed E-state index contributed by atoms with van der Waals surface area (Å²) in [6.07, 6.45) is -5.73. The molecule has 1 saturated heterocycles. The summed E-state index contributed by atoms with van der Waals surface area (Å²) >= 11 is 1.09. The number of aliphatic hydroxyl groups is 2. The van der Waals surface area contributed by atoms with Gasteiger partial charge in [-0.25, -0.2) is 28.6 Å². The summed E-state index contributed by atoms with van der Waals surface area (Å²) in [5, 5.41) is 26.3. The van der Waals surface area contributed by atoms with Crippen LogP contribution in [0, 0.1) is 5.41 Å². The molecule has 308 valence electrons. The van der Waals surface area contributed by atoms with Crippen LogP contribution in [0.15, 0.2) is 12.7 Å². The summed E-state index contributed by atoms with van der Waals surface area (Å²) in [5.41, 5.74) is 4.27. The highest BCUT2D eigenvalue weighted by Gasteiger charge is 2.50. The predicted octanol–water partition coefficient (Wildman–Crippen LogP) is 0.101. The van der Waals surface area contributed by atoms with Gasteiger partial charge in [-0.1, -0.05) is 40.0 Å². The van der Waals surface area contributed by atoms with Crippen molar-refractivity contribution in [3.8, 4) is 0 Å². The number of nitrogens with one attached hydrogen (secondary N) is 2. The zero-order chi connectivity index (χ0) is 39.8. The average molecular weight is 854 g/mol. The minimum absolute atomic E-state index is 0. The van der Waals surface area contributed by atoms with Gasteiger partial charge in [0.15, 0.2) is 22.8 Å². The number of hydrogen-bond acceptors (Lipinski definition) is 18. The van der Waals surface area contributed by atoms with Crippen LogP contribution in [0.2, 0.25) is 0 Å². The molecule has 7 atom stereocenters. The van der Waals surface area contributed by atoms with Crippen molar-refractivity contribution in [3.63, 3.8) is 0 Å². The van der Waals surface area contributed by atoms with E-state index in [1.165, 1.54) is 13.8 Å². The molecule has 1 aliphatic rings. The highest BCUT2D eigenvalue weighted by molar-refractivity contribution is 8.13. The number of ether oxygens (including phenoxy) is 1. The number of carbonyl (C=O) groups is 3. The largest absolute Gasteiger partial charge is 0.481 e. The van der Waals surface area contributed by atoms with Crippen LogP contribution in [-0.4, -0.2) is 123 Å². The highest BCUT2D eigenvalue weighted by atomic mass is 32.2. The summed E-state index contributed by atoms with van der Waals surface area (Å²) in [5.74, 6) is -1.06. The lowest BCUT2D eigenvalue weighted by Gasteiger charge is -2.30. The number of aliphatic hydroxyl groups excluding tert-OH is 2. The van der Waals surface area contributed by atoms with Crippen molar-refractivity contribution in [1.82, 2.24) is 30.2 Å². The Bertz CT molecular complexity index is 1750. The topological polar surface area (TPSA) is 364 Å². The number of thioether (sulfide) groups is 1. The minimum atomic E-state index is -5.56. The van der Waals surface area contributed by atoms with E-state index < -0.39 is 84.6 Å². The van der Waals surface area contributed by atoms with Gasteiger partial charge in [-0.2, -0.15) is 4.31 Å². The normalized spacial score (nSPS) is 21.8. The molecule has 10 N–H and O–H groups in total. The zero-order valence-corrected chi connectivity index (χ0v) is 32.0. The van der Waals surface area contributed by atoms with Gasteiger partial charge in [0.2, 0.25) is 11.8 Å². The fraction of sp³-hybridized carbons (Fsp3) is 0.692. The Labute approximate surface area is 313 Å². The van der Waals surface area contributed by atoms with Crippen molar-refractivity contribution in [2.24, 2.45) is 5.41 Å². The maximum atomic E-state index is 12.6. The first-order valence-corrected chi connectivity index (χ1v) is 21.1. The molecule has 0 radical (unpaired) electrons. The van der Waals surface area contributed by atoms with E-state index in [2.05, 4.69) is 34.4 Å². The zero-order valence-electron chi connectivity index (χ0n) is 28.5. The van der Waals surface area contributed by atoms with E-state index >= 15 is 0 Å². The Kier molecular flexibility index (Phi) is 17.8. The van der Waals surface area contributed by atoms with Gasteiger partial charge in [-0.3, -0.25) is 32.5 Å². The third-order valence-electron chi connectivity index (χ3n) is 7.22. The molecule has 28 heteroatoms. The second-order valence-electron chi connectivity index (χ2n) is 12.0. The van der Waals surface area contributed by atoms with Crippen LogP contribution in [0.3, 0.4) is 0 Å². The van der Waals surface area contributed by atoms with Crippen molar-refractivity contribution < 1.29 is 80.5 Å². The number of carbonyl (C=O) groups excluding carboxylic acids is 3. The Morgan fingerprint density at radius 3 is 2.37 bits per heavy atom. The molecule has 54 heavy (non-hydrogen) atoms. The van der Waals surface area contributed by atoms with E-state index in [-0.39, 0.29) is 49.0 Å². The SMILES string of the molecule is C.CCCC(=O)SCCNC(=O)CCNC(=O)[C@H](O)C(C)(C)COP(=O)(O)OP(=O)(O)OC[C@H]1O[C@@H](n2cnc3c(N)ncnc32)[C@H](O)[C@@H]1OP(=O)(O)O. The van der Waals surface area contributed by atoms with Crippen LogP contribution in [0.4, 0.5) is 5.82 Å². The van der Waals surface area contributed by atoms with Gasteiger partial charge < -0.3 is 50.9 Å². The van der Waals surface area contributed by atoms with Crippen LogP contribution in [-0.2, 0) is 50.7 Å². The third-order valence-corrected chi connectivity index (χ3v) is 11.3. The number of nitrogens with two attached hydrogens (primary N) is 1. The van der Waals surface area contributed by atoms with Gasteiger partial charge in [0.1, 0.15) is 36.3 Å². The number of aromatic nitrogens is 4. The number of hydrogen-bond donors (Lipinski definition) is 9. The molecular formula is C26H46N7O17P3S. The molecule has 3 rings (SSSR count). The van der Waals surface area contributed by atoms with Crippen molar-refractivity contribution in [2.75, 3.05) is 37.8 Å². The summed E-state index contributed by atoms with van der Waals surface area (Å²) < 4.78 is 61.9. The molecule has 2 amide bonds. The Morgan fingerprint density at radius 1 is 1.06 bits per heavy atom. The second-order valence-corrected chi connectivity index (χ2v) is 17.4. The quantitative estimate of drug-likeness (QED) is 0.0594. The molecule has 1 aliphatic heterocycles. The molecule has 0 aromatic carbocycles. The molecule has 0 aliphatic carbocycles. The van der Waals surface area contributed by atoms with Crippen molar-refractivity contribution in [3.05, 3.63) is 12.7 Å². The van der Waals surface area contributed by atoms with Gasteiger partial charge in [-0.05, 0) is 6.42 Å². The maximum Gasteiger partial charge on any atom is 0.481 e. The van der Waals surface area contributed by atoms with Crippen molar-refractivity contribution in [1.29, 1.82) is 0 Å². The molecule has 0 spiro atoms. The molecule has 2 aromatic heterocycles. The Hall–Kier alpha value is -2.44. The smallest absolute Gasteiger partial charge is 0.386 e. The first-order chi connectivity index (χ1) is 24.6. The number of phosphoric ester groups is 3. The average Bonchev–Trinajstić information content (AvgIpc) is 3.61. The highest BCUT2D eigenvalue weighted by Crippen LogP contribution is 2.61. The molecule has 2 unspecified atom stereocenters. The van der Waals surface area contributed by atoms with Crippen molar-refractivity contribution in [2.45, 2.75) is 78.1 Å². The summed E-state index contributed by atoms with van der Waals surface area (Å²) in [7, 11) is -16.4. The van der Waals surface area contributed by atoms with E-state index in [9.17, 15) is 57.9 Å². The molecule has 0 saturated carbocycles. The van der Waals surface area contributed by atoms with E-state index in [1.807, 2.05) is 6.92 Å². The van der Waals surface area contributed by atoms with Gasteiger partial charge in [-0.15, -0.1) is 0 Å². The van der Waals surface area contributed by atoms with Gasteiger partial charge in [0.05, 0.1) is 19.5 Å². The van der Waals surface area contributed by atoms with Gasteiger partial charge in [0, 0.05) is 37.1 Å². The first kappa shape index (κ1) is 47.7. The number of phosphoric acid groups is 3. The number of amides is 2. The minimum Gasteiger partial charge on any atom is -0.386 e. The Morgan fingerprint density at radius 2 is 1.72 bits per heavy atom. The molecule has 2 aromatic rings. The number of rotatable bonds is 21. The molecule has 24 nitrogen and oxygen atoms in total. The van der Waals surface area contributed by atoms with Crippen LogP contribution >= 0.6 is 35.2 Å². The fourth-order valence-corrected chi connectivity index (χ4v) is 8.18. The lowest BCUT2D eigenvalue weighted by molar-refractivity contribution is -0.137. The standard InChI is InChI=1S/C25H42N7O17P3S.CH4/c1-4-5-16(34)53-9-8-27-15(33)6-7-28-23(37)20(36)25(2,3)11-46-52(43,44)49-51(41,42)45-10-14-19(48-50(38,39)40)18(35)24(47-14)32-13-31-17-21(26)29-12-30-22(17)32;/h12-14,18-20,24,35-36H,4-11H2,1-3H3,(H,27,33)(H,28,37)(H,41,42)(H,43,44)(H2,26,29,30)(H2,38,39,40);1H4/t14-,18-,19-,20+,24-;/m1./s1. The van der Waals surface area contributed by atoms with Crippen LogP contribution in [0.5, 0.6) is 0 Å². The number of nitrogen functional groups attached to an aromatic ring is 1. The number of imidazole rings is 1. The number of fused-ring (bicyclic) bond motifs is 1. The molecule has 3 heterocycles. The van der Waals surface area contributed by atoms with E-state index in [0.717, 1.165) is 35.4 Å². The summed E-state index contributed by atoms with van der Waals surface area (Å²) in [6, 6.07) is 0. The van der Waals surface area contributed by atoms with Crippen LogP contribution < -0.4 is 16.4 Å². The summed E-state index contributed by atoms with van der Waals surface area (Å²) in [4.78, 5) is 86.8. The molecule has 0 bridgehead atoms. The summed E-state index contributed by atoms with van der Waals surface area (Å²) in [6.45, 7) is 2.41. The van der Waals surface area contributed by atoms with Gasteiger partial charge >= 0.3 is 23.5 Å². The maximum absolute atomic E-state index is 12.6. The van der Waals surface area contributed by atoms with Crippen molar-refractivity contribution >= 4 is 69.1 Å². The Balaban J connectivity index is 0.0000101. The number of anilines is 1. The van der Waals surface area contributed by atoms with E-state index in [1.54, 1.807) is 0 Å². The third kappa shape index (κ3) is 14.3. The van der Waals surface area contributed by atoms with E-state index in [4.69, 9.17) is 19.5 Å². The van der Waals surface area contributed by atoms with Crippen LogP contribution in [0.1, 0.15) is 53.7 Å². The monoisotopic (exact) mass is 853 g/mol. The first-order valence-electron chi connectivity index (χ1n) is 15.6. The van der Waals surface area contributed by atoms with Crippen LogP contribution in [0.25, 0.3) is 11.2 Å². The predicted molar refractivity (Wildman–Crippen MR) is 189 cm³/mol. The number of nitrogens with zero attached hydrogens (tertiary/aromatic N) is 4. The lowest BCUT2D eigenvalue weighted by Crippen LogP contribution is -2.46. The second kappa shape index (κ2) is 20.1. The van der Waals surface area contributed by atoms with E-state index in [0.29, 0.717) is 12.2 Å². The molecular weight excluding hydrogens is 807 g/mol. The van der Waals surface area contributed by atoms with Gasteiger partial charge in [0.25, 0.3) is 0 Å². The lowest BCUT2D eigenvalue weighted by atomic mass is 9.87. The molecule has 1 fully saturated rings.